The molecule has 1 aliphatic rings. The molecular formula is C15H30N2O. The van der Waals surface area contributed by atoms with E-state index in [9.17, 15) is 4.79 Å². The Morgan fingerprint density at radius 2 is 1.94 bits per heavy atom. The number of piperidine rings is 1. The highest BCUT2D eigenvalue weighted by Crippen LogP contribution is 2.22. The van der Waals surface area contributed by atoms with Crippen LogP contribution in [0.2, 0.25) is 0 Å². The van der Waals surface area contributed by atoms with Crippen LogP contribution >= 0.6 is 0 Å². The molecule has 18 heavy (non-hydrogen) atoms. The van der Waals surface area contributed by atoms with Crippen LogP contribution in [0.3, 0.4) is 0 Å². The maximum Gasteiger partial charge on any atom is 0.225 e. The number of nitrogens with zero attached hydrogens (tertiary/aromatic N) is 1. The van der Waals surface area contributed by atoms with Crippen molar-refractivity contribution >= 4 is 5.91 Å². The van der Waals surface area contributed by atoms with E-state index in [2.05, 4.69) is 24.1 Å². The SMILES string of the molecule is CCCC1CC(NC(=O)C(C)(C)C)CN(CC)C1. The minimum Gasteiger partial charge on any atom is -0.352 e. The van der Waals surface area contributed by atoms with Crippen molar-refractivity contribution in [2.75, 3.05) is 19.6 Å². The van der Waals surface area contributed by atoms with E-state index in [0.717, 1.165) is 25.4 Å². The Labute approximate surface area is 112 Å². The van der Waals surface area contributed by atoms with E-state index in [-0.39, 0.29) is 11.3 Å². The van der Waals surface area contributed by atoms with Gasteiger partial charge in [-0.2, -0.15) is 0 Å². The number of hydrogen-bond acceptors (Lipinski definition) is 2. The highest BCUT2D eigenvalue weighted by atomic mass is 16.2. The quantitative estimate of drug-likeness (QED) is 0.836. The van der Waals surface area contributed by atoms with Gasteiger partial charge in [-0.25, -0.2) is 0 Å². The molecule has 1 amide bonds. The summed E-state index contributed by atoms with van der Waals surface area (Å²) in [6.07, 6.45) is 3.66. The average Bonchev–Trinajstić information content (AvgIpc) is 2.27. The second kappa shape index (κ2) is 6.55. The highest BCUT2D eigenvalue weighted by Gasteiger charge is 2.30. The van der Waals surface area contributed by atoms with Crippen LogP contribution in [0.15, 0.2) is 0 Å². The Balaban J connectivity index is 2.56. The monoisotopic (exact) mass is 254 g/mol. The van der Waals surface area contributed by atoms with Gasteiger partial charge in [0.15, 0.2) is 0 Å². The van der Waals surface area contributed by atoms with Crippen LogP contribution in [0.1, 0.15) is 53.9 Å². The lowest BCUT2D eigenvalue weighted by Crippen LogP contribution is -2.52. The van der Waals surface area contributed by atoms with Crippen LogP contribution in [0.5, 0.6) is 0 Å². The minimum absolute atomic E-state index is 0.181. The number of likely N-dealkylation sites (tertiary alicyclic amines) is 1. The second-order valence-electron chi connectivity index (χ2n) is 6.66. The normalized spacial score (nSPS) is 26.1. The summed E-state index contributed by atoms with van der Waals surface area (Å²) in [5.41, 5.74) is -0.283. The Kier molecular flexibility index (Phi) is 5.64. The first-order valence-electron chi connectivity index (χ1n) is 7.40. The number of nitrogens with one attached hydrogen (secondary N) is 1. The molecule has 0 radical (unpaired) electrons. The first-order valence-corrected chi connectivity index (χ1v) is 7.40. The predicted octanol–water partition coefficient (Wildman–Crippen LogP) is 2.66. The molecule has 1 saturated heterocycles. The second-order valence-corrected chi connectivity index (χ2v) is 6.66. The van der Waals surface area contributed by atoms with Crippen LogP contribution in [-0.2, 0) is 4.79 Å². The summed E-state index contributed by atoms with van der Waals surface area (Å²) in [4.78, 5) is 14.5. The summed E-state index contributed by atoms with van der Waals surface area (Å²) >= 11 is 0. The van der Waals surface area contributed by atoms with Crippen molar-refractivity contribution < 1.29 is 4.79 Å². The maximum absolute atomic E-state index is 12.1. The fourth-order valence-corrected chi connectivity index (χ4v) is 2.68. The molecule has 0 bridgehead atoms. The molecule has 2 unspecified atom stereocenters. The first-order chi connectivity index (χ1) is 8.36. The maximum atomic E-state index is 12.1. The molecule has 106 valence electrons. The molecule has 1 heterocycles. The van der Waals surface area contributed by atoms with Crippen molar-refractivity contribution in [1.82, 2.24) is 10.2 Å². The summed E-state index contributed by atoms with van der Waals surface area (Å²) in [6, 6.07) is 0.335. The van der Waals surface area contributed by atoms with Crippen LogP contribution < -0.4 is 5.32 Å². The molecule has 0 spiro atoms. The van der Waals surface area contributed by atoms with Crippen molar-refractivity contribution in [3.63, 3.8) is 0 Å². The van der Waals surface area contributed by atoms with Crippen LogP contribution in [-0.4, -0.2) is 36.5 Å². The standard InChI is InChI=1S/C15H30N2O/c1-6-8-12-9-13(11-17(7-2)10-12)16-14(18)15(3,4)5/h12-13H,6-11H2,1-5H3,(H,16,18). The van der Waals surface area contributed by atoms with Crippen molar-refractivity contribution in [2.45, 2.75) is 59.9 Å². The predicted molar refractivity (Wildman–Crippen MR) is 76.5 cm³/mol. The number of carbonyl (C=O) groups is 1. The van der Waals surface area contributed by atoms with Gasteiger partial charge in [0, 0.05) is 24.5 Å². The number of likely N-dealkylation sites (N-methyl/N-ethyl adjacent to an activating group) is 1. The molecule has 2 atom stereocenters. The molecule has 1 N–H and O–H groups in total. The van der Waals surface area contributed by atoms with Crippen LogP contribution in [0, 0.1) is 11.3 Å². The first kappa shape index (κ1) is 15.5. The van der Waals surface area contributed by atoms with Gasteiger partial charge in [0.05, 0.1) is 0 Å². The summed E-state index contributed by atoms with van der Waals surface area (Å²) in [7, 11) is 0. The number of rotatable bonds is 4. The lowest BCUT2D eigenvalue weighted by atomic mass is 9.89. The number of amides is 1. The van der Waals surface area contributed by atoms with Gasteiger partial charge in [0.25, 0.3) is 0 Å². The van der Waals surface area contributed by atoms with E-state index in [1.807, 2.05) is 20.8 Å². The van der Waals surface area contributed by atoms with Gasteiger partial charge in [-0.15, -0.1) is 0 Å². The molecule has 0 aromatic rings. The molecule has 0 aliphatic carbocycles. The molecule has 1 rings (SSSR count). The largest absolute Gasteiger partial charge is 0.352 e. The van der Waals surface area contributed by atoms with Crippen molar-refractivity contribution in [2.24, 2.45) is 11.3 Å². The lowest BCUT2D eigenvalue weighted by molar-refractivity contribution is -0.129. The van der Waals surface area contributed by atoms with Gasteiger partial charge in [0.1, 0.15) is 0 Å². The number of carbonyl (C=O) groups excluding carboxylic acids is 1. The molecule has 0 aromatic heterocycles. The zero-order valence-electron chi connectivity index (χ0n) is 12.8. The van der Waals surface area contributed by atoms with Crippen molar-refractivity contribution in [1.29, 1.82) is 0 Å². The zero-order valence-corrected chi connectivity index (χ0v) is 12.8. The Morgan fingerprint density at radius 3 is 2.44 bits per heavy atom. The molecule has 0 aromatic carbocycles. The van der Waals surface area contributed by atoms with E-state index in [0.29, 0.717) is 6.04 Å². The fraction of sp³-hybridized carbons (Fsp3) is 0.933. The average molecular weight is 254 g/mol. The lowest BCUT2D eigenvalue weighted by Gasteiger charge is -2.38. The van der Waals surface area contributed by atoms with Gasteiger partial charge in [-0.1, -0.05) is 41.0 Å². The molecule has 1 fully saturated rings. The van der Waals surface area contributed by atoms with Gasteiger partial charge in [-0.3, -0.25) is 4.79 Å². The molecular weight excluding hydrogens is 224 g/mol. The summed E-state index contributed by atoms with van der Waals surface area (Å²) in [6.45, 7) is 13.7. The third-order valence-corrected chi connectivity index (χ3v) is 3.77. The minimum atomic E-state index is -0.283. The summed E-state index contributed by atoms with van der Waals surface area (Å²) < 4.78 is 0. The molecule has 0 saturated carbocycles. The van der Waals surface area contributed by atoms with E-state index >= 15 is 0 Å². The summed E-state index contributed by atoms with van der Waals surface area (Å²) in [5.74, 6) is 0.926. The number of hydrogen-bond donors (Lipinski definition) is 1. The Hall–Kier alpha value is -0.570. The van der Waals surface area contributed by atoms with Gasteiger partial charge in [0.2, 0.25) is 5.91 Å². The molecule has 3 heteroatoms. The zero-order chi connectivity index (χ0) is 13.8. The van der Waals surface area contributed by atoms with E-state index in [1.54, 1.807) is 0 Å². The smallest absolute Gasteiger partial charge is 0.225 e. The van der Waals surface area contributed by atoms with E-state index < -0.39 is 0 Å². The summed E-state index contributed by atoms with van der Waals surface area (Å²) in [5, 5.41) is 3.23. The Morgan fingerprint density at radius 1 is 1.28 bits per heavy atom. The molecule has 3 nitrogen and oxygen atoms in total. The van der Waals surface area contributed by atoms with Crippen molar-refractivity contribution in [3.05, 3.63) is 0 Å². The topological polar surface area (TPSA) is 32.3 Å². The van der Waals surface area contributed by atoms with Gasteiger partial charge >= 0.3 is 0 Å². The van der Waals surface area contributed by atoms with Crippen LogP contribution in [0.4, 0.5) is 0 Å². The van der Waals surface area contributed by atoms with Gasteiger partial charge < -0.3 is 10.2 Å². The van der Waals surface area contributed by atoms with Gasteiger partial charge in [-0.05, 0) is 25.3 Å². The van der Waals surface area contributed by atoms with Crippen molar-refractivity contribution in [3.8, 4) is 0 Å². The van der Waals surface area contributed by atoms with Crippen LogP contribution in [0.25, 0.3) is 0 Å². The third kappa shape index (κ3) is 4.60. The highest BCUT2D eigenvalue weighted by molar-refractivity contribution is 5.81. The Bertz CT molecular complexity index is 270. The third-order valence-electron chi connectivity index (χ3n) is 3.77. The fourth-order valence-electron chi connectivity index (χ4n) is 2.68. The molecule has 1 aliphatic heterocycles. The van der Waals surface area contributed by atoms with E-state index in [4.69, 9.17) is 0 Å². The van der Waals surface area contributed by atoms with E-state index in [1.165, 1.54) is 19.4 Å².